The van der Waals surface area contributed by atoms with Crippen LogP contribution < -0.4 is 5.73 Å². The standard InChI is InChI=1S/C10H9ClFN3O/c1-15-10(13)5(4-14-15)8-7(12)3-2-6(11)9(8)16/h2-4,16H,13H2,1H3. The molecule has 0 aliphatic carbocycles. The summed E-state index contributed by atoms with van der Waals surface area (Å²) in [6, 6.07) is 2.45. The highest BCUT2D eigenvalue weighted by atomic mass is 35.5. The Morgan fingerprint density at radius 1 is 1.50 bits per heavy atom. The summed E-state index contributed by atoms with van der Waals surface area (Å²) in [7, 11) is 1.62. The Hall–Kier alpha value is -1.75. The van der Waals surface area contributed by atoms with Crippen LogP contribution in [0.4, 0.5) is 10.2 Å². The van der Waals surface area contributed by atoms with Gasteiger partial charge in [0.25, 0.3) is 0 Å². The third-order valence-corrected chi connectivity index (χ3v) is 2.64. The number of nitrogens with zero attached hydrogens (tertiary/aromatic N) is 2. The van der Waals surface area contributed by atoms with Gasteiger partial charge in [-0.3, -0.25) is 4.68 Å². The number of halogens is 2. The van der Waals surface area contributed by atoms with E-state index >= 15 is 0 Å². The van der Waals surface area contributed by atoms with Gasteiger partial charge in [0.1, 0.15) is 17.4 Å². The molecule has 0 aliphatic heterocycles. The van der Waals surface area contributed by atoms with Gasteiger partial charge in [0, 0.05) is 7.05 Å². The summed E-state index contributed by atoms with van der Waals surface area (Å²) < 4.78 is 15.0. The first kappa shape index (κ1) is 10.8. The summed E-state index contributed by atoms with van der Waals surface area (Å²) >= 11 is 5.71. The first-order valence-corrected chi connectivity index (χ1v) is 4.85. The van der Waals surface area contributed by atoms with E-state index in [-0.39, 0.29) is 22.2 Å². The van der Waals surface area contributed by atoms with Gasteiger partial charge in [-0.1, -0.05) is 11.6 Å². The zero-order valence-corrected chi connectivity index (χ0v) is 9.16. The van der Waals surface area contributed by atoms with Crippen molar-refractivity contribution in [3.05, 3.63) is 29.2 Å². The zero-order chi connectivity index (χ0) is 11.9. The van der Waals surface area contributed by atoms with Crippen LogP contribution in [0.1, 0.15) is 0 Å². The monoisotopic (exact) mass is 241 g/mol. The van der Waals surface area contributed by atoms with Crippen LogP contribution in [0.3, 0.4) is 0 Å². The Balaban J connectivity index is 2.73. The number of hydrogen-bond donors (Lipinski definition) is 2. The minimum absolute atomic E-state index is 0.0295. The Labute approximate surface area is 96.1 Å². The van der Waals surface area contributed by atoms with Crippen LogP contribution in [-0.4, -0.2) is 14.9 Å². The molecule has 0 spiro atoms. The minimum Gasteiger partial charge on any atom is -0.506 e. The van der Waals surface area contributed by atoms with E-state index in [1.54, 1.807) is 7.05 Å². The maximum Gasteiger partial charge on any atom is 0.145 e. The maximum atomic E-state index is 13.6. The second-order valence-corrected chi connectivity index (χ2v) is 3.73. The van der Waals surface area contributed by atoms with Crippen molar-refractivity contribution in [1.82, 2.24) is 9.78 Å². The molecule has 0 radical (unpaired) electrons. The SMILES string of the molecule is Cn1ncc(-c2c(F)ccc(Cl)c2O)c1N. The molecule has 3 N–H and O–H groups in total. The van der Waals surface area contributed by atoms with E-state index in [0.29, 0.717) is 5.56 Å². The molecule has 2 rings (SSSR count). The van der Waals surface area contributed by atoms with Gasteiger partial charge >= 0.3 is 0 Å². The predicted molar refractivity (Wildman–Crippen MR) is 59.7 cm³/mol. The molecule has 84 valence electrons. The Kier molecular flexibility index (Phi) is 2.47. The van der Waals surface area contributed by atoms with Crippen molar-refractivity contribution in [3.8, 4) is 16.9 Å². The average Bonchev–Trinajstić information content (AvgIpc) is 2.56. The van der Waals surface area contributed by atoms with Gasteiger partial charge in [0.05, 0.1) is 22.3 Å². The number of benzene rings is 1. The summed E-state index contributed by atoms with van der Waals surface area (Å²) in [6.45, 7) is 0. The Morgan fingerprint density at radius 3 is 2.75 bits per heavy atom. The first-order chi connectivity index (χ1) is 7.52. The largest absolute Gasteiger partial charge is 0.506 e. The molecule has 0 aliphatic rings. The second-order valence-electron chi connectivity index (χ2n) is 3.32. The van der Waals surface area contributed by atoms with Crippen molar-refractivity contribution in [2.75, 3.05) is 5.73 Å². The van der Waals surface area contributed by atoms with Crippen molar-refractivity contribution in [1.29, 1.82) is 0 Å². The van der Waals surface area contributed by atoms with E-state index in [1.165, 1.54) is 23.0 Å². The van der Waals surface area contributed by atoms with Gasteiger partial charge in [-0.25, -0.2) is 4.39 Å². The highest BCUT2D eigenvalue weighted by Crippen LogP contribution is 2.39. The number of aromatic nitrogens is 2. The summed E-state index contributed by atoms with van der Waals surface area (Å²) in [5, 5.41) is 13.6. The van der Waals surface area contributed by atoms with Gasteiger partial charge in [-0.2, -0.15) is 5.10 Å². The highest BCUT2D eigenvalue weighted by Gasteiger charge is 2.18. The fourth-order valence-corrected chi connectivity index (χ4v) is 1.59. The predicted octanol–water partition coefficient (Wildman–Crippen LogP) is 2.17. The summed E-state index contributed by atoms with van der Waals surface area (Å²) in [6.07, 6.45) is 1.38. The fraction of sp³-hybridized carbons (Fsp3) is 0.100. The number of phenols is 1. The molecule has 0 saturated heterocycles. The average molecular weight is 242 g/mol. The lowest BCUT2D eigenvalue weighted by molar-refractivity contribution is 0.472. The molecule has 0 bridgehead atoms. The molecule has 0 saturated carbocycles. The number of anilines is 1. The molecule has 1 aromatic carbocycles. The lowest BCUT2D eigenvalue weighted by atomic mass is 10.1. The van der Waals surface area contributed by atoms with Gasteiger partial charge in [-0.15, -0.1) is 0 Å². The number of nitrogen functional groups attached to an aromatic ring is 1. The molecule has 2 aromatic rings. The number of phenolic OH excluding ortho intramolecular Hbond substituents is 1. The normalized spacial score (nSPS) is 10.7. The molecule has 0 fully saturated rings. The minimum atomic E-state index is -0.596. The lowest BCUT2D eigenvalue weighted by Crippen LogP contribution is -1.98. The summed E-state index contributed by atoms with van der Waals surface area (Å²) in [5.74, 6) is -0.667. The van der Waals surface area contributed by atoms with Gasteiger partial charge in [-0.05, 0) is 12.1 Å². The number of aryl methyl sites for hydroxylation is 1. The van der Waals surface area contributed by atoms with E-state index in [2.05, 4.69) is 5.10 Å². The number of rotatable bonds is 1. The first-order valence-electron chi connectivity index (χ1n) is 4.47. The Morgan fingerprint density at radius 2 is 2.19 bits per heavy atom. The summed E-state index contributed by atoms with van der Waals surface area (Å²) in [5.41, 5.74) is 5.99. The van der Waals surface area contributed by atoms with Gasteiger partial charge in [0.15, 0.2) is 0 Å². The van der Waals surface area contributed by atoms with Crippen LogP contribution in [0.2, 0.25) is 5.02 Å². The zero-order valence-electron chi connectivity index (χ0n) is 8.41. The molecule has 6 heteroatoms. The molecule has 16 heavy (non-hydrogen) atoms. The van der Waals surface area contributed by atoms with Gasteiger partial charge < -0.3 is 10.8 Å². The smallest absolute Gasteiger partial charge is 0.145 e. The van der Waals surface area contributed by atoms with E-state index in [0.717, 1.165) is 0 Å². The van der Waals surface area contributed by atoms with Gasteiger partial charge in [0.2, 0.25) is 0 Å². The Bertz CT molecular complexity index is 553. The fourth-order valence-electron chi connectivity index (χ4n) is 1.44. The van der Waals surface area contributed by atoms with Crippen LogP contribution in [0, 0.1) is 5.82 Å². The molecule has 0 unspecified atom stereocenters. The van der Waals surface area contributed by atoms with Crippen molar-refractivity contribution in [3.63, 3.8) is 0 Å². The van der Waals surface area contributed by atoms with Crippen molar-refractivity contribution in [2.24, 2.45) is 7.05 Å². The molecule has 1 heterocycles. The number of hydrogen-bond acceptors (Lipinski definition) is 3. The van der Waals surface area contributed by atoms with Crippen molar-refractivity contribution < 1.29 is 9.50 Å². The van der Waals surface area contributed by atoms with E-state index in [1.807, 2.05) is 0 Å². The third kappa shape index (κ3) is 1.49. The van der Waals surface area contributed by atoms with Crippen LogP contribution in [-0.2, 0) is 7.05 Å². The van der Waals surface area contributed by atoms with Crippen molar-refractivity contribution in [2.45, 2.75) is 0 Å². The van der Waals surface area contributed by atoms with Crippen LogP contribution >= 0.6 is 11.6 Å². The maximum absolute atomic E-state index is 13.6. The summed E-state index contributed by atoms with van der Waals surface area (Å²) in [4.78, 5) is 0. The van der Waals surface area contributed by atoms with E-state index in [4.69, 9.17) is 17.3 Å². The van der Waals surface area contributed by atoms with Crippen LogP contribution in [0.5, 0.6) is 5.75 Å². The van der Waals surface area contributed by atoms with Crippen molar-refractivity contribution >= 4 is 17.4 Å². The quantitative estimate of drug-likeness (QED) is 0.804. The van der Waals surface area contributed by atoms with E-state index in [9.17, 15) is 9.50 Å². The molecule has 0 atom stereocenters. The highest BCUT2D eigenvalue weighted by molar-refractivity contribution is 6.32. The number of aromatic hydroxyl groups is 1. The van der Waals surface area contributed by atoms with Crippen LogP contribution in [0.25, 0.3) is 11.1 Å². The topological polar surface area (TPSA) is 64.1 Å². The van der Waals surface area contributed by atoms with E-state index < -0.39 is 5.82 Å². The third-order valence-electron chi connectivity index (χ3n) is 2.33. The molecule has 1 aromatic heterocycles. The van der Waals surface area contributed by atoms with Crippen LogP contribution in [0.15, 0.2) is 18.3 Å². The lowest BCUT2D eigenvalue weighted by Gasteiger charge is -2.06. The molecule has 4 nitrogen and oxygen atoms in total. The molecular weight excluding hydrogens is 233 g/mol. The molecular formula is C10H9ClFN3O. The second kappa shape index (κ2) is 3.68. The molecule has 0 amide bonds. The number of nitrogens with two attached hydrogens (primary N) is 1.